The van der Waals surface area contributed by atoms with Crippen LogP contribution in [0.15, 0.2) is 4.99 Å². The average molecular weight is 602 g/mol. The lowest BCUT2D eigenvalue weighted by molar-refractivity contribution is -0.107. The lowest BCUT2D eigenvalue weighted by Gasteiger charge is -1.95. The molecule has 0 rings (SSSR count). The van der Waals surface area contributed by atoms with Crippen molar-refractivity contribution < 1.29 is 4.79 Å². The lowest BCUT2D eigenvalue weighted by Crippen LogP contribution is -2.13. The summed E-state index contributed by atoms with van der Waals surface area (Å²) in [6.45, 7) is 16.7. The largest absolute Gasteiger partial charge is 0.330 e. The number of aldehydes is 1. The van der Waals surface area contributed by atoms with Crippen molar-refractivity contribution >= 4 is 88.2 Å². The minimum atomic E-state index is 0.639. The van der Waals surface area contributed by atoms with E-state index in [0.717, 1.165) is 32.3 Å². The SMILES string of the molecule is CCC=NCCCC.CCC=O.CCCCN.CCCCNCC.S=S=S=S=S=S=S=S. The van der Waals surface area contributed by atoms with E-state index in [2.05, 4.69) is 67.3 Å². The van der Waals surface area contributed by atoms with E-state index in [1.165, 1.54) is 62.8 Å². The van der Waals surface area contributed by atoms with Gasteiger partial charge in [0.05, 0.1) is 0 Å². The van der Waals surface area contributed by atoms with E-state index < -0.39 is 0 Å². The van der Waals surface area contributed by atoms with Crippen molar-refractivity contribution in [3.05, 3.63) is 0 Å². The molecule has 0 bridgehead atoms. The molecular weight excluding hydrogens is 555 g/mol. The van der Waals surface area contributed by atoms with Crippen LogP contribution in [0.2, 0.25) is 0 Å². The van der Waals surface area contributed by atoms with Crippen molar-refractivity contribution in [3.8, 4) is 0 Å². The third-order valence-electron chi connectivity index (χ3n) is 2.77. The first-order valence-corrected chi connectivity index (χ1v) is 20.5. The number of nitrogens with two attached hydrogens (primary N) is 1. The van der Waals surface area contributed by atoms with E-state index >= 15 is 0 Å². The summed E-state index contributed by atoms with van der Waals surface area (Å²) in [5, 5.41) is 3.25. The van der Waals surface area contributed by atoms with Gasteiger partial charge in [-0.05, 0) is 51.5 Å². The predicted octanol–water partition coefficient (Wildman–Crippen LogP) is 4.98. The molecule has 4 nitrogen and oxygen atoms in total. The van der Waals surface area contributed by atoms with Crippen LogP contribution in [0, 0.1) is 0 Å². The highest BCUT2D eigenvalue weighted by molar-refractivity contribution is 8.70. The summed E-state index contributed by atoms with van der Waals surface area (Å²) in [5.74, 6) is 0. The Kier molecular flexibility index (Phi) is 78.3. The molecule has 0 unspecified atom stereocenters. The van der Waals surface area contributed by atoms with Crippen molar-refractivity contribution in [1.82, 2.24) is 5.32 Å². The van der Waals surface area contributed by atoms with Gasteiger partial charge in [0.15, 0.2) is 0 Å². The second-order valence-electron chi connectivity index (χ2n) is 5.68. The summed E-state index contributed by atoms with van der Waals surface area (Å²) >= 11 is 9.21. The van der Waals surface area contributed by atoms with Crippen molar-refractivity contribution in [1.29, 1.82) is 0 Å². The number of unbranched alkanes of at least 4 members (excludes halogenated alkanes) is 3. The fourth-order valence-corrected chi connectivity index (χ4v) is 12.2. The maximum absolute atomic E-state index is 9.17. The fourth-order valence-electron chi connectivity index (χ4n) is 1.20. The maximum Gasteiger partial charge on any atom is 0.119 e. The Bertz CT molecular complexity index is 548. The monoisotopic (exact) mass is 601 g/mol. The summed E-state index contributed by atoms with van der Waals surface area (Å²) in [5.41, 5.74) is 5.14. The molecule has 0 aromatic heterocycles. The fraction of sp³-hybridized carbons (Fsp3) is 0.900. The molecule has 0 spiro atoms. The highest BCUT2D eigenvalue weighted by Crippen LogP contribution is 1.85. The Balaban J connectivity index is -0.0000000971. The Labute approximate surface area is 226 Å². The number of nitrogens with one attached hydrogen (secondary N) is 1. The molecule has 32 heavy (non-hydrogen) atoms. The lowest BCUT2D eigenvalue weighted by atomic mass is 10.3. The zero-order valence-electron chi connectivity index (χ0n) is 20.8. The molecule has 3 N–H and O–H groups in total. The summed E-state index contributed by atoms with van der Waals surface area (Å²) < 4.78 is 0. The first kappa shape index (κ1) is 43.1. The molecule has 0 atom stereocenters. The molecule has 0 saturated heterocycles. The van der Waals surface area contributed by atoms with Crippen LogP contribution in [0.25, 0.3) is 0 Å². The molecule has 12 heteroatoms. The first-order chi connectivity index (χ1) is 15.6. The third-order valence-corrected chi connectivity index (χ3v) is 13.9. The number of carbonyl (C=O) groups is 1. The molecular formula is C20H47N3OS8. The van der Waals surface area contributed by atoms with Crippen LogP contribution in [0.5, 0.6) is 0 Å². The number of rotatable bonds is 11. The van der Waals surface area contributed by atoms with Gasteiger partial charge in [-0.25, -0.2) is 0 Å². The van der Waals surface area contributed by atoms with Crippen LogP contribution in [0.4, 0.5) is 0 Å². The van der Waals surface area contributed by atoms with Crippen LogP contribution in [0.3, 0.4) is 0 Å². The molecule has 0 aliphatic carbocycles. The van der Waals surface area contributed by atoms with Crippen LogP contribution >= 0.6 is 0 Å². The van der Waals surface area contributed by atoms with Gasteiger partial charge in [-0.2, -0.15) is 0 Å². The summed E-state index contributed by atoms with van der Waals surface area (Å²) in [6.07, 6.45) is 12.0. The van der Waals surface area contributed by atoms with E-state index in [0.29, 0.717) is 6.42 Å². The van der Waals surface area contributed by atoms with Gasteiger partial charge in [0.25, 0.3) is 0 Å². The highest BCUT2D eigenvalue weighted by atomic mass is 33.4. The minimum Gasteiger partial charge on any atom is -0.330 e. The Morgan fingerprint density at radius 1 is 0.812 bits per heavy atom. The van der Waals surface area contributed by atoms with E-state index in [-0.39, 0.29) is 0 Å². The maximum atomic E-state index is 9.17. The molecule has 0 aromatic rings. The zero-order valence-corrected chi connectivity index (χ0v) is 27.4. The number of carbonyl (C=O) groups excluding carboxylic acids is 1. The third kappa shape index (κ3) is 86.1. The van der Waals surface area contributed by atoms with Gasteiger partial charge >= 0.3 is 0 Å². The molecule has 0 radical (unpaired) electrons. The molecule has 0 aromatic carbocycles. The number of aliphatic imine (C=N–C) groups is 1. The summed E-state index contributed by atoms with van der Waals surface area (Å²) in [4.78, 5) is 13.3. The van der Waals surface area contributed by atoms with Gasteiger partial charge in [0.1, 0.15) is 6.29 Å². The number of hydrogen-bond donors (Lipinski definition) is 2. The normalized spacial score (nSPS) is 8.47. The predicted molar refractivity (Wildman–Crippen MR) is 171 cm³/mol. The van der Waals surface area contributed by atoms with Crippen LogP contribution in [-0.2, 0) is 80.5 Å². The van der Waals surface area contributed by atoms with Crippen molar-refractivity contribution in [3.63, 3.8) is 0 Å². The number of hydrogen-bond acceptors (Lipinski definition) is 6. The van der Waals surface area contributed by atoms with Crippen molar-refractivity contribution in [2.45, 2.75) is 92.9 Å². The number of nitrogens with zero attached hydrogens (tertiary/aromatic N) is 1. The van der Waals surface area contributed by atoms with E-state index in [1.54, 1.807) is 35.5 Å². The first-order valence-electron chi connectivity index (χ1n) is 11.2. The Hall–Kier alpha value is 1.02. The molecule has 0 saturated carbocycles. The average Bonchev–Trinajstić information content (AvgIpc) is 2.82. The second-order valence-corrected chi connectivity index (χ2v) is 16.3. The quantitative estimate of drug-likeness (QED) is 0.199. The van der Waals surface area contributed by atoms with E-state index in [9.17, 15) is 4.79 Å². The molecule has 0 heterocycles. The van der Waals surface area contributed by atoms with Crippen LogP contribution in [-0.4, -0.2) is 38.7 Å². The molecule has 196 valence electrons. The van der Waals surface area contributed by atoms with Crippen molar-refractivity contribution in [2.24, 2.45) is 10.7 Å². The van der Waals surface area contributed by atoms with Gasteiger partial charge in [0.2, 0.25) is 0 Å². The molecule has 0 amide bonds. The minimum absolute atomic E-state index is 0.639. The van der Waals surface area contributed by atoms with E-state index in [4.69, 9.17) is 5.73 Å². The topological polar surface area (TPSA) is 67.5 Å². The Morgan fingerprint density at radius 2 is 1.31 bits per heavy atom. The second kappa shape index (κ2) is 58.1. The summed E-state index contributed by atoms with van der Waals surface area (Å²) in [7, 11) is 9.12. The molecule has 0 aliphatic heterocycles. The molecule has 0 aliphatic rings. The standard InChI is InChI=1S/C7H15N.C6H15N.C4H11N.C3H6O.S8/c1-3-5-7-8-6-4-2;1-3-5-6-7-4-2;1-2-3-4-5;1-2-3-4;1-3-5-7-8-6-4-2/h6H,3-5,7H2,1-2H3;7H,3-6H2,1-2H3;2-5H2,1H3;3H,2H2,1H3;. The Morgan fingerprint density at radius 3 is 1.59 bits per heavy atom. The van der Waals surface area contributed by atoms with Crippen LogP contribution < -0.4 is 11.1 Å². The smallest absolute Gasteiger partial charge is 0.119 e. The van der Waals surface area contributed by atoms with Crippen LogP contribution in [0.1, 0.15) is 92.9 Å². The molecule has 0 fully saturated rings. The zero-order chi connectivity index (χ0) is 25.6. The van der Waals surface area contributed by atoms with E-state index in [1.807, 2.05) is 13.1 Å². The van der Waals surface area contributed by atoms with Crippen molar-refractivity contribution in [2.75, 3.05) is 26.2 Å². The van der Waals surface area contributed by atoms with Gasteiger partial charge < -0.3 is 15.8 Å². The van der Waals surface area contributed by atoms with Gasteiger partial charge in [-0.3, -0.25) is 4.99 Å². The van der Waals surface area contributed by atoms with Gasteiger partial charge in [-0.1, -0.05) is 60.8 Å². The van der Waals surface area contributed by atoms with Gasteiger partial charge in [0, 0.05) is 88.6 Å². The highest BCUT2D eigenvalue weighted by Gasteiger charge is 1.77. The summed E-state index contributed by atoms with van der Waals surface area (Å²) in [6, 6.07) is 0. The van der Waals surface area contributed by atoms with Gasteiger partial charge in [-0.15, -0.1) is 0 Å².